The van der Waals surface area contributed by atoms with E-state index in [1.807, 2.05) is 30.3 Å². The molecule has 0 spiro atoms. The van der Waals surface area contributed by atoms with Crippen LogP contribution in [0.5, 0.6) is 17.2 Å². The van der Waals surface area contributed by atoms with Crippen LogP contribution in [0.25, 0.3) is 11.1 Å². The molecule has 0 aromatic heterocycles. The Bertz CT molecular complexity index is 1180. The summed E-state index contributed by atoms with van der Waals surface area (Å²) in [6.07, 6.45) is 8.90. The van der Waals surface area contributed by atoms with Crippen molar-refractivity contribution in [3.05, 3.63) is 91.0 Å². The summed E-state index contributed by atoms with van der Waals surface area (Å²) in [5.41, 5.74) is 2.64. The Kier molecular flexibility index (Phi) is 10.2. The van der Waals surface area contributed by atoms with Crippen LogP contribution in [-0.2, 0) is 0 Å². The van der Waals surface area contributed by atoms with E-state index in [9.17, 15) is 4.79 Å². The standard InChI is InChI=1S/C35H42O4/c1-5-6-7-8-23-37-30-16-14-29(15-17-30)35(36)39-32-20-12-28(13-21-32)27-10-18-31(19-11-27)38-34-24-26(4)9-22-33(34)25(2)3/h5,10-21,25-26,33-34H,1,6-9,22-24H2,2-4H3/t26-,33+,34-/m1/s1. The van der Waals surface area contributed by atoms with Crippen molar-refractivity contribution in [2.24, 2.45) is 17.8 Å². The maximum absolute atomic E-state index is 12.6. The molecule has 4 heteroatoms. The van der Waals surface area contributed by atoms with Crippen molar-refractivity contribution in [2.75, 3.05) is 6.61 Å². The monoisotopic (exact) mass is 526 g/mol. The number of unbranched alkanes of at least 4 members (excludes halogenated alkanes) is 2. The van der Waals surface area contributed by atoms with Gasteiger partial charge in [-0.25, -0.2) is 4.79 Å². The van der Waals surface area contributed by atoms with E-state index in [-0.39, 0.29) is 6.10 Å². The minimum Gasteiger partial charge on any atom is -0.494 e. The van der Waals surface area contributed by atoms with Crippen molar-refractivity contribution < 1.29 is 19.0 Å². The van der Waals surface area contributed by atoms with E-state index in [4.69, 9.17) is 14.2 Å². The molecule has 1 saturated carbocycles. The first-order valence-electron chi connectivity index (χ1n) is 14.4. The number of benzene rings is 3. The molecule has 0 radical (unpaired) electrons. The zero-order valence-electron chi connectivity index (χ0n) is 23.6. The molecular weight excluding hydrogens is 484 g/mol. The quantitative estimate of drug-likeness (QED) is 0.102. The number of esters is 1. The van der Waals surface area contributed by atoms with Gasteiger partial charge in [0.05, 0.1) is 12.2 Å². The molecule has 0 unspecified atom stereocenters. The van der Waals surface area contributed by atoms with Crippen LogP contribution in [0.2, 0.25) is 0 Å². The fraction of sp³-hybridized carbons (Fsp3) is 0.400. The molecule has 0 saturated heterocycles. The highest BCUT2D eigenvalue weighted by molar-refractivity contribution is 5.91. The van der Waals surface area contributed by atoms with Crippen molar-refractivity contribution in [3.63, 3.8) is 0 Å². The first-order chi connectivity index (χ1) is 18.9. The average molecular weight is 527 g/mol. The van der Waals surface area contributed by atoms with Crippen molar-refractivity contribution in [3.8, 4) is 28.4 Å². The lowest BCUT2D eigenvalue weighted by molar-refractivity contribution is 0.0460. The molecule has 3 atom stereocenters. The van der Waals surface area contributed by atoms with Crippen LogP contribution in [0.4, 0.5) is 0 Å². The van der Waals surface area contributed by atoms with E-state index in [0.29, 0.717) is 35.7 Å². The molecule has 0 amide bonds. The maximum atomic E-state index is 12.6. The van der Waals surface area contributed by atoms with E-state index in [1.165, 1.54) is 12.8 Å². The summed E-state index contributed by atoms with van der Waals surface area (Å²) in [7, 11) is 0. The molecule has 0 bridgehead atoms. The van der Waals surface area contributed by atoms with Crippen molar-refractivity contribution in [1.82, 2.24) is 0 Å². The van der Waals surface area contributed by atoms with Crippen LogP contribution in [0.1, 0.15) is 69.7 Å². The number of ether oxygens (including phenoxy) is 3. The number of carbonyl (C=O) groups is 1. The zero-order valence-corrected chi connectivity index (χ0v) is 23.6. The van der Waals surface area contributed by atoms with Crippen molar-refractivity contribution >= 4 is 5.97 Å². The Hall–Kier alpha value is -3.53. The fourth-order valence-electron chi connectivity index (χ4n) is 5.30. The van der Waals surface area contributed by atoms with Gasteiger partial charge < -0.3 is 14.2 Å². The van der Waals surface area contributed by atoms with Gasteiger partial charge in [0.2, 0.25) is 0 Å². The fourth-order valence-corrected chi connectivity index (χ4v) is 5.30. The predicted molar refractivity (Wildman–Crippen MR) is 159 cm³/mol. The molecule has 0 aliphatic heterocycles. The number of allylic oxidation sites excluding steroid dienone is 1. The smallest absolute Gasteiger partial charge is 0.343 e. The number of rotatable bonds is 12. The minimum atomic E-state index is -0.390. The maximum Gasteiger partial charge on any atom is 0.343 e. The Morgan fingerprint density at radius 1 is 0.872 bits per heavy atom. The first-order valence-corrected chi connectivity index (χ1v) is 14.4. The highest BCUT2D eigenvalue weighted by Crippen LogP contribution is 2.36. The second-order valence-corrected chi connectivity index (χ2v) is 11.1. The summed E-state index contributed by atoms with van der Waals surface area (Å²) in [5, 5.41) is 0. The molecule has 0 heterocycles. The van der Waals surface area contributed by atoms with Gasteiger partial charge in [0.25, 0.3) is 0 Å². The summed E-state index contributed by atoms with van der Waals surface area (Å²) in [5.74, 6) is 3.76. The number of carbonyl (C=O) groups excluding carboxylic acids is 1. The molecular formula is C35H42O4. The molecule has 4 rings (SSSR count). The van der Waals surface area contributed by atoms with Crippen LogP contribution >= 0.6 is 0 Å². The third-order valence-electron chi connectivity index (χ3n) is 7.66. The number of hydrogen-bond acceptors (Lipinski definition) is 4. The molecule has 39 heavy (non-hydrogen) atoms. The van der Waals surface area contributed by atoms with Crippen LogP contribution in [0.3, 0.4) is 0 Å². The van der Waals surface area contributed by atoms with Gasteiger partial charge in [-0.15, -0.1) is 6.58 Å². The summed E-state index contributed by atoms with van der Waals surface area (Å²) in [6, 6.07) is 23.0. The third kappa shape index (κ3) is 8.23. The van der Waals surface area contributed by atoms with E-state index in [2.05, 4.69) is 51.6 Å². The summed E-state index contributed by atoms with van der Waals surface area (Å²) >= 11 is 0. The Morgan fingerprint density at radius 3 is 2.10 bits per heavy atom. The Morgan fingerprint density at radius 2 is 1.49 bits per heavy atom. The van der Waals surface area contributed by atoms with Crippen LogP contribution in [0.15, 0.2) is 85.5 Å². The van der Waals surface area contributed by atoms with Gasteiger partial charge in [-0.2, -0.15) is 0 Å². The highest BCUT2D eigenvalue weighted by atomic mass is 16.5. The summed E-state index contributed by atoms with van der Waals surface area (Å²) in [4.78, 5) is 12.6. The lowest BCUT2D eigenvalue weighted by Crippen LogP contribution is -2.36. The van der Waals surface area contributed by atoms with E-state index < -0.39 is 5.97 Å². The Labute approximate surface area is 234 Å². The minimum absolute atomic E-state index is 0.282. The molecule has 206 valence electrons. The van der Waals surface area contributed by atoms with Gasteiger partial charge >= 0.3 is 5.97 Å². The third-order valence-corrected chi connectivity index (χ3v) is 7.66. The van der Waals surface area contributed by atoms with Crippen LogP contribution in [-0.4, -0.2) is 18.7 Å². The topological polar surface area (TPSA) is 44.8 Å². The second kappa shape index (κ2) is 14.0. The van der Waals surface area contributed by atoms with Crippen LogP contribution < -0.4 is 14.2 Å². The average Bonchev–Trinajstić information content (AvgIpc) is 2.94. The largest absolute Gasteiger partial charge is 0.494 e. The summed E-state index contributed by atoms with van der Waals surface area (Å²) in [6.45, 7) is 11.3. The van der Waals surface area contributed by atoms with Crippen molar-refractivity contribution in [2.45, 2.75) is 65.4 Å². The SMILES string of the molecule is C=CCCCCOc1ccc(C(=O)Oc2ccc(-c3ccc(O[C@@H]4C[C@H](C)CC[C@H]4C(C)C)cc3)cc2)cc1. The second-order valence-electron chi connectivity index (χ2n) is 11.1. The lowest BCUT2D eigenvalue weighted by atomic mass is 9.75. The highest BCUT2D eigenvalue weighted by Gasteiger charge is 2.32. The molecule has 4 nitrogen and oxygen atoms in total. The molecule has 1 fully saturated rings. The molecule has 3 aromatic carbocycles. The zero-order chi connectivity index (χ0) is 27.6. The normalized spacial score (nSPS) is 18.9. The van der Waals surface area contributed by atoms with Gasteiger partial charge in [-0.3, -0.25) is 0 Å². The molecule has 1 aliphatic rings. The van der Waals surface area contributed by atoms with Gasteiger partial charge in [0.15, 0.2) is 0 Å². The van der Waals surface area contributed by atoms with Gasteiger partial charge in [0, 0.05) is 0 Å². The molecule has 3 aromatic rings. The van der Waals surface area contributed by atoms with Crippen LogP contribution in [0, 0.1) is 17.8 Å². The van der Waals surface area contributed by atoms with E-state index in [1.54, 1.807) is 24.3 Å². The van der Waals surface area contributed by atoms with Gasteiger partial charge in [0.1, 0.15) is 23.4 Å². The Balaban J connectivity index is 1.30. The van der Waals surface area contributed by atoms with Gasteiger partial charge in [-0.1, -0.05) is 57.5 Å². The van der Waals surface area contributed by atoms with Crippen molar-refractivity contribution in [1.29, 1.82) is 0 Å². The first kappa shape index (κ1) is 28.5. The van der Waals surface area contributed by atoms with E-state index >= 15 is 0 Å². The summed E-state index contributed by atoms with van der Waals surface area (Å²) < 4.78 is 17.8. The number of hydrogen-bond donors (Lipinski definition) is 0. The lowest BCUT2D eigenvalue weighted by Gasteiger charge is -2.37. The van der Waals surface area contributed by atoms with E-state index in [0.717, 1.165) is 48.3 Å². The molecule has 1 aliphatic carbocycles. The van der Waals surface area contributed by atoms with Gasteiger partial charge in [-0.05, 0) is 110 Å². The predicted octanol–water partition coefficient (Wildman–Crippen LogP) is 9.15. The molecule has 0 N–H and O–H groups in total.